The maximum Gasteiger partial charge on any atom is 0.157 e. The molecule has 6 N–H and O–H groups in total. The Balaban J connectivity index is 0.00000176. The van der Waals surface area contributed by atoms with Crippen LogP contribution in [0.3, 0.4) is 0 Å². The number of benzene rings is 1. The van der Waals surface area contributed by atoms with Crippen LogP contribution in [0.15, 0.2) is 65.3 Å². The average molecular weight is 439 g/mol. The Labute approximate surface area is 187 Å². The van der Waals surface area contributed by atoms with E-state index in [1.807, 2.05) is 12.1 Å². The van der Waals surface area contributed by atoms with E-state index < -0.39 is 18.2 Å². The summed E-state index contributed by atoms with van der Waals surface area (Å²) in [6, 6.07) is 10.4. The topological polar surface area (TPSA) is 101 Å². The van der Waals surface area contributed by atoms with Gasteiger partial charge in [-0.3, -0.25) is 4.99 Å². The summed E-state index contributed by atoms with van der Waals surface area (Å²) in [4.78, 5) is 8.24. The molecule has 1 aromatic carbocycles. The van der Waals surface area contributed by atoms with Crippen LogP contribution in [-0.4, -0.2) is 23.9 Å². The smallest absolute Gasteiger partial charge is 0.157 e. The fourth-order valence-electron chi connectivity index (χ4n) is 3.37. The van der Waals surface area contributed by atoms with Crippen LogP contribution in [0.1, 0.15) is 36.9 Å². The summed E-state index contributed by atoms with van der Waals surface area (Å²) in [5.41, 5.74) is 11.8. The molecule has 0 amide bonds. The second-order valence-electron chi connectivity index (χ2n) is 6.99. The Morgan fingerprint density at radius 3 is 2.59 bits per heavy atom. The van der Waals surface area contributed by atoms with Gasteiger partial charge < -0.3 is 16.5 Å². The van der Waals surface area contributed by atoms with Gasteiger partial charge in [-0.15, -0.1) is 12.8 Å². The number of aliphatic imine (C=N–C) groups is 1. The molecule has 0 bridgehead atoms. The van der Waals surface area contributed by atoms with Gasteiger partial charge in [0, 0.05) is 17.8 Å². The summed E-state index contributed by atoms with van der Waals surface area (Å²) >= 11 is 0. The number of aromatic nitrogens is 1. The molecular weight excluding hydrogens is 410 g/mol. The number of hydrogen-bond acceptors (Lipinski definition) is 5. The zero-order valence-electron chi connectivity index (χ0n) is 18.0. The lowest BCUT2D eigenvalue weighted by atomic mass is 10.00. The summed E-state index contributed by atoms with van der Waals surface area (Å²) in [5.74, 6) is 3.88. The van der Waals surface area contributed by atoms with E-state index >= 15 is 0 Å². The molecule has 1 aromatic heterocycles. The van der Waals surface area contributed by atoms with Gasteiger partial charge in [-0.05, 0) is 49.6 Å². The van der Waals surface area contributed by atoms with Crippen LogP contribution in [0.2, 0.25) is 0 Å². The Morgan fingerprint density at radius 2 is 2.00 bits per heavy atom. The number of nitrogens with zero attached hydrogens (tertiary/aromatic N) is 2. The summed E-state index contributed by atoms with van der Waals surface area (Å²) in [6.45, 7) is 2.13. The molecule has 1 saturated heterocycles. The molecule has 1 unspecified atom stereocenters. The molecule has 1 atom stereocenters. The molecular formula is C24H28F2N6. The minimum atomic E-state index is -1.00. The predicted molar refractivity (Wildman–Crippen MR) is 127 cm³/mol. The Morgan fingerprint density at radius 1 is 1.28 bits per heavy atom. The van der Waals surface area contributed by atoms with Crippen molar-refractivity contribution in [2.45, 2.75) is 25.8 Å². The van der Waals surface area contributed by atoms with Crippen molar-refractivity contribution < 1.29 is 8.78 Å². The molecule has 0 saturated carbocycles. The van der Waals surface area contributed by atoms with Gasteiger partial charge in [-0.1, -0.05) is 30.3 Å². The lowest BCUT2D eigenvalue weighted by Crippen LogP contribution is -2.32. The van der Waals surface area contributed by atoms with Crippen molar-refractivity contribution in [3.8, 4) is 24.0 Å². The molecule has 2 heterocycles. The van der Waals surface area contributed by atoms with E-state index in [1.165, 1.54) is 18.1 Å². The number of anilines is 1. The average Bonchev–Trinajstić information content (AvgIpc) is 3.37. The Kier molecular flexibility index (Phi) is 9.54. The summed E-state index contributed by atoms with van der Waals surface area (Å²) < 4.78 is 27.4. The van der Waals surface area contributed by atoms with E-state index in [0.717, 1.165) is 30.2 Å². The number of nitrogen functional groups attached to an aromatic ring is 1. The number of terminal acetylenes is 1. The van der Waals surface area contributed by atoms with Crippen LogP contribution >= 0.6 is 0 Å². The maximum atomic E-state index is 13.8. The van der Waals surface area contributed by atoms with E-state index in [2.05, 4.69) is 45.7 Å². The third-order valence-electron chi connectivity index (χ3n) is 4.97. The SMILES string of the molecule is C#C.C/C=C\C(F)=C(\F)CN=C(NN)c1cc(-c2ccc(C3CCCN3)cc2)cnc1N. The number of halogens is 2. The number of hydrogen-bond donors (Lipinski definition) is 4. The second-order valence-corrected chi connectivity index (χ2v) is 6.99. The molecule has 168 valence electrons. The highest BCUT2D eigenvalue weighted by atomic mass is 19.2. The van der Waals surface area contributed by atoms with Crippen molar-refractivity contribution in [3.63, 3.8) is 0 Å². The first-order valence-corrected chi connectivity index (χ1v) is 10.1. The van der Waals surface area contributed by atoms with E-state index in [0.29, 0.717) is 11.6 Å². The lowest BCUT2D eigenvalue weighted by Gasteiger charge is -2.13. The van der Waals surface area contributed by atoms with Crippen molar-refractivity contribution in [2.24, 2.45) is 10.8 Å². The highest BCUT2D eigenvalue weighted by Gasteiger charge is 2.16. The second kappa shape index (κ2) is 12.3. The number of hydrazine groups is 1. The third kappa shape index (κ3) is 6.23. The number of allylic oxidation sites excluding steroid dienone is 3. The first kappa shape index (κ1) is 24.7. The van der Waals surface area contributed by atoms with Crippen LogP contribution in [0.5, 0.6) is 0 Å². The van der Waals surface area contributed by atoms with Gasteiger partial charge in [-0.25, -0.2) is 19.6 Å². The molecule has 32 heavy (non-hydrogen) atoms. The van der Waals surface area contributed by atoms with Gasteiger partial charge in [0.25, 0.3) is 0 Å². The highest BCUT2D eigenvalue weighted by Crippen LogP contribution is 2.27. The zero-order valence-corrected chi connectivity index (χ0v) is 18.0. The molecule has 1 aliphatic rings. The molecule has 0 spiro atoms. The molecule has 0 radical (unpaired) electrons. The standard InChI is InChI=1S/C22H26F2N6.C2H2/c1-2-4-18(23)19(24)13-29-22(30-26)17-11-16(12-28-21(17)25)14-6-8-15(9-7-14)20-5-3-10-27-20;1-2/h2,4,6-9,11-12,20,27H,3,5,10,13,26H2,1H3,(H2,25,28)(H,29,30);1-2H/b4-2-,19-18-;. The van der Waals surface area contributed by atoms with E-state index in [4.69, 9.17) is 11.6 Å². The third-order valence-corrected chi connectivity index (χ3v) is 4.97. The first-order chi connectivity index (χ1) is 15.5. The predicted octanol–water partition coefficient (Wildman–Crippen LogP) is 3.94. The van der Waals surface area contributed by atoms with Gasteiger partial charge in [0.2, 0.25) is 0 Å². The molecule has 1 aliphatic heterocycles. The fraction of sp³-hybridized carbons (Fsp3) is 0.250. The van der Waals surface area contributed by atoms with Gasteiger partial charge in [-0.2, -0.15) is 0 Å². The first-order valence-electron chi connectivity index (χ1n) is 10.1. The monoisotopic (exact) mass is 438 g/mol. The van der Waals surface area contributed by atoms with Crippen LogP contribution in [0.25, 0.3) is 11.1 Å². The van der Waals surface area contributed by atoms with Crippen LogP contribution in [0.4, 0.5) is 14.6 Å². The highest BCUT2D eigenvalue weighted by molar-refractivity contribution is 6.03. The zero-order chi connectivity index (χ0) is 23.5. The van der Waals surface area contributed by atoms with Gasteiger partial charge >= 0.3 is 0 Å². The minimum Gasteiger partial charge on any atom is -0.383 e. The normalized spacial score (nSPS) is 16.9. The molecule has 3 rings (SSSR count). The van der Waals surface area contributed by atoms with E-state index in [9.17, 15) is 8.78 Å². The number of nitrogens with one attached hydrogen (secondary N) is 2. The van der Waals surface area contributed by atoms with E-state index in [-0.39, 0.29) is 11.7 Å². The fourth-order valence-corrected chi connectivity index (χ4v) is 3.37. The van der Waals surface area contributed by atoms with Crippen LogP contribution in [0, 0.1) is 12.8 Å². The lowest BCUT2D eigenvalue weighted by molar-refractivity contribution is 0.542. The Bertz CT molecular complexity index is 1000. The van der Waals surface area contributed by atoms with Crippen molar-refractivity contribution in [3.05, 3.63) is 71.5 Å². The minimum absolute atomic E-state index is 0.122. The number of pyridine rings is 1. The van der Waals surface area contributed by atoms with Gasteiger partial charge in [0.1, 0.15) is 11.7 Å². The number of amidine groups is 1. The quantitative estimate of drug-likeness (QED) is 0.137. The van der Waals surface area contributed by atoms with E-state index in [1.54, 1.807) is 19.2 Å². The maximum absolute atomic E-state index is 13.8. The number of rotatable bonds is 6. The van der Waals surface area contributed by atoms with Crippen molar-refractivity contribution in [2.75, 3.05) is 18.8 Å². The number of nitrogens with two attached hydrogens (primary N) is 2. The van der Waals surface area contributed by atoms with Gasteiger partial charge in [0.05, 0.1) is 12.1 Å². The summed E-state index contributed by atoms with van der Waals surface area (Å²) in [7, 11) is 0. The summed E-state index contributed by atoms with van der Waals surface area (Å²) in [6.07, 6.45) is 14.4. The molecule has 6 nitrogen and oxygen atoms in total. The molecule has 2 aromatic rings. The van der Waals surface area contributed by atoms with Crippen molar-refractivity contribution in [1.82, 2.24) is 15.7 Å². The van der Waals surface area contributed by atoms with Gasteiger partial charge in [0.15, 0.2) is 11.7 Å². The van der Waals surface area contributed by atoms with Crippen molar-refractivity contribution >= 4 is 11.7 Å². The Hall–Kier alpha value is -3.54. The largest absolute Gasteiger partial charge is 0.383 e. The molecule has 1 fully saturated rings. The summed E-state index contributed by atoms with van der Waals surface area (Å²) in [5, 5.41) is 3.48. The van der Waals surface area contributed by atoms with Crippen LogP contribution in [-0.2, 0) is 0 Å². The molecule has 0 aliphatic carbocycles. The van der Waals surface area contributed by atoms with Crippen molar-refractivity contribution in [1.29, 1.82) is 0 Å². The van der Waals surface area contributed by atoms with Crippen LogP contribution < -0.4 is 22.3 Å². The molecule has 8 heteroatoms.